The molecule has 0 aromatic carbocycles. The molecule has 7 heteroatoms. The summed E-state index contributed by atoms with van der Waals surface area (Å²) in [6, 6.07) is 0. The van der Waals surface area contributed by atoms with Crippen molar-refractivity contribution in [3.63, 3.8) is 0 Å². The van der Waals surface area contributed by atoms with Crippen molar-refractivity contribution in [1.82, 2.24) is 0 Å². The van der Waals surface area contributed by atoms with Gasteiger partial charge in [-0.15, -0.1) is 0 Å². The van der Waals surface area contributed by atoms with E-state index in [1.807, 2.05) is 6.92 Å². The van der Waals surface area contributed by atoms with Crippen molar-refractivity contribution in [2.75, 3.05) is 0 Å². The van der Waals surface area contributed by atoms with E-state index in [-0.39, 0.29) is 29.6 Å². The predicted octanol–water partition coefficient (Wildman–Crippen LogP) is 2.83. The lowest BCUT2D eigenvalue weighted by atomic mass is 9.43. The van der Waals surface area contributed by atoms with E-state index in [9.17, 15) is 19.2 Å². The maximum absolute atomic E-state index is 13.5. The molecule has 0 bridgehead atoms. The highest BCUT2D eigenvalue weighted by Crippen LogP contribution is 2.63. The molecule has 29 heavy (non-hydrogen) atoms. The predicted molar refractivity (Wildman–Crippen MR) is 102 cm³/mol. The summed E-state index contributed by atoms with van der Waals surface area (Å²) in [7, 11) is 0. The van der Waals surface area contributed by atoms with Gasteiger partial charge in [0.25, 0.3) is 0 Å². The molecule has 3 rings (SSSR count). The molecule has 3 aliphatic rings. The molecule has 7 nitrogen and oxygen atoms in total. The fraction of sp³-hybridized carbons (Fsp3) is 0.818. The average molecular weight is 408 g/mol. The van der Waals surface area contributed by atoms with Gasteiger partial charge in [0.15, 0.2) is 18.0 Å². The second-order valence-corrected chi connectivity index (χ2v) is 9.79. The van der Waals surface area contributed by atoms with Crippen LogP contribution in [0.5, 0.6) is 0 Å². The van der Waals surface area contributed by atoms with Crippen LogP contribution in [-0.2, 0) is 33.4 Å². The zero-order chi connectivity index (χ0) is 21.7. The van der Waals surface area contributed by atoms with Crippen LogP contribution < -0.4 is 0 Å². The molecule has 3 fully saturated rings. The van der Waals surface area contributed by atoms with Gasteiger partial charge in [-0.2, -0.15) is 0 Å². The van der Waals surface area contributed by atoms with Gasteiger partial charge in [-0.25, -0.2) is 4.79 Å². The zero-order valence-corrected chi connectivity index (χ0v) is 18.2. The van der Waals surface area contributed by atoms with Gasteiger partial charge < -0.3 is 14.2 Å². The van der Waals surface area contributed by atoms with Crippen LogP contribution in [0, 0.1) is 28.6 Å². The number of ether oxygens (including phenoxy) is 3. The van der Waals surface area contributed by atoms with Crippen molar-refractivity contribution in [1.29, 1.82) is 0 Å². The third-order valence-electron chi connectivity index (χ3n) is 7.47. The van der Waals surface area contributed by atoms with Crippen LogP contribution in [-0.4, -0.2) is 42.0 Å². The Balaban J connectivity index is 1.99. The molecule has 0 aromatic heterocycles. The number of rotatable bonds is 3. The summed E-state index contributed by atoms with van der Waals surface area (Å²) < 4.78 is 16.1. The zero-order valence-electron chi connectivity index (χ0n) is 18.2. The summed E-state index contributed by atoms with van der Waals surface area (Å²) in [6.07, 6.45) is -0.109. The number of hydrogen-bond acceptors (Lipinski definition) is 7. The summed E-state index contributed by atoms with van der Waals surface area (Å²) in [6.45, 7) is 10.9. The lowest BCUT2D eigenvalue weighted by Gasteiger charge is -2.61. The minimum Gasteiger partial charge on any atom is -0.460 e. The Bertz CT molecular complexity index is 729. The van der Waals surface area contributed by atoms with Crippen molar-refractivity contribution in [3.8, 4) is 0 Å². The Hall–Kier alpha value is -1.92. The minimum atomic E-state index is -1.02. The van der Waals surface area contributed by atoms with Gasteiger partial charge in [-0.1, -0.05) is 20.8 Å². The van der Waals surface area contributed by atoms with Crippen LogP contribution >= 0.6 is 0 Å². The molecule has 1 heterocycles. The van der Waals surface area contributed by atoms with Crippen molar-refractivity contribution in [2.24, 2.45) is 28.6 Å². The fourth-order valence-electron chi connectivity index (χ4n) is 6.01. The van der Waals surface area contributed by atoms with E-state index in [1.165, 1.54) is 6.92 Å². The summed E-state index contributed by atoms with van der Waals surface area (Å²) in [4.78, 5) is 50.4. The molecular weight excluding hydrogens is 376 g/mol. The van der Waals surface area contributed by atoms with E-state index in [0.717, 1.165) is 0 Å². The summed E-state index contributed by atoms with van der Waals surface area (Å²) >= 11 is 0. The topological polar surface area (TPSA) is 96.0 Å². The first kappa shape index (κ1) is 21.8. The highest BCUT2D eigenvalue weighted by Gasteiger charge is 2.66. The monoisotopic (exact) mass is 408 g/mol. The maximum atomic E-state index is 13.5. The van der Waals surface area contributed by atoms with Crippen LogP contribution in [0.4, 0.5) is 0 Å². The maximum Gasteiger partial charge on any atom is 0.347 e. The smallest absolute Gasteiger partial charge is 0.347 e. The highest BCUT2D eigenvalue weighted by molar-refractivity contribution is 5.91. The summed E-state index contributed by atoms with van der Waals surface area (Å²) in [5, 5.41) is 0. The number of carbonyl (C=O) groups excluding carboxylic acids is 4. The summed E-state index contributed by atoms with van der Waals surface area (Å²) in [5.74, 6) is -2.47. The van der Waals surface area contributed by atoms with Gasteiger partial charge in [0.1, 0.15) is 0 Å². The van der Waals surface area contributed by atoms with E-state index in [1.54, 1.807) is 13.8 Å². The Labute approximate surface area is 171 Å². The first-order chi connectivity index (χ1) is 13.4. The molecule has 2 saturated carbocycles. The first-order valence-electron chi connectivity index (χ1n) is 10.5. The molecule has 162 valence electrons. The number of hydrogen-bond donors (Lipinski definition) is 0. The van der Waals surface area contributed by atoms with Crippen molar-refractivity contribution in [3.05, 3.63) is 0 Å². The van der Waals surface area contributed by atoms with Crippen LogP contribution in [0.2, 0.25) is 0 Å². The van der Waals surface area contributed by atoms with Crippen LogP contribution in [0.15, 0.2) is 0 Å². The Morgan fingerprint density at radius 1 is 1.17 bits per heavy atom. The third kappa shape index (κ3) is 3.57. The lowest BCUT2D eigenvalue weighted by Crippen LogP contribution is -2.64. The number of cyclic esters (lactones) is 1. The molecule has 7 atom stereocenters. The molecule has 0 unspecified atom stereocenters. The highest BCUT2D eigenvalue weighted by atomic mass is 16.6. The summed E-state index contributed by atoms with van der Waals surface area (Å²) in [5.41, 5.74) is -1.09. The number of ketones is 1. The third-order valence-corrected chi connectivity index (χ3v) is 7.47. The standard InChI is InChI=1S/C22H32O7/c1-11(2)27-20(26)16-10-22(6)14(19(25)29-16)7-8-21(5)12(3)9-15(28-13(4)23)17(24)18(21)22/h11-12,14-16,18H,7-10H2,1-6H3/t12-,14+,15+,16+,18+,21+,22+/m1/s1. The molecule has 1 aliphatic heterocycles. The average Bonchev–Trinajstić information content (AvgIpc) is 2.57. The second-order valence-electron chi connectivity index (χ2n) is 9.79. The van der Waals surface area contributed by atoms with Gasteiger partial charge in [0, 0.05) is 19.3 Å². The molecule has 0 radical (unpaired) electrons. The van der Waals surface area contributed by atoms with Gasteiger partial charge in [-0.05, 0) is 49.9 Å². The Morgan fingerprint density at radius 3 is 2.41 bits per heavy atom. The van der Waals surface area contributed by atoms with Crippen molar-refractivity contribution in [2.45, 2.75) is 85.5 Å². The molecule has 0 amide bonds. The lowest BCUT2D eigenvalue weighted by molar-refractivity contribution is -0.212. The molecule has 1 saturated heterocycles. The number of esters is 3. The van der Waals surface area contributed by atoms with E-state index in [2.05, 4.69) is 13.8 Å². The molecule has 2 aliphatic carbocycles. The first-order valence-corrected chi connectivity index (χ1v) is 10.5. The number of carbonyl (C=O) groups is 4. The van der Waals surface area contributed by atoms with Crippen molar-refractivity contribution < 1.29 is 33.4 Å². The van der Waals surface area contributed by atoms with Gasteiger partial charge >= 0.3 is 17.9 Å². The minimum absolute atomic E-state index is 0.131. The fourth-order valence-corrected chi connectivity index (χ4v) is 6.01. The molecular formula is C22H32O7. The van der Waals surface area contributed by atoms with E-state index in [4.69, 9.17) is 14.2 Å². The quantitative estimate of drug-likeness (QED) is 0.523. The van der Waals surface area contributed by atoms with E-state index < -0.39 is 47.4 Å². The normalized spacial score (nSPS) is 41.8. The number of fused-ring (bicyclic) bond motifs is 3. The Morgan fingerprint density at radius 2 is 1.83 bits per heavy atom. The Kier molecular flexibility index (Phi) is 5.56. The van der Waals surface area contributed by atoms with Gasteiger partial charge in [0.2, 0.25) is 0 Å². The van der Waals surface area contributed by atoms with Crippen LogP contribution in [0.3, 0.4) is 0 Å². The van der Waals surface area contributed by atoms with Crippen LogP contribution in [0.1, 0.15) is 67.2 Å². The number of Topliss-reactive ketones (excluding diaryl/α,β-unsaturated/α-hetero) is 1. The molecule has 0 N–H and O–H groups in total. The van der Waals surface area contributed by atoms with E-state index in [0.29, 0.717) is 19.3 Å². The van der Waals surface area contributed by atoms with E-state index >= 15 is 0 Å². The second kappa shape index (κ2) is 7.40. The van der Waals surface area contributed by atoms with Gasteiger partial charge in [0.05, 0.1) is 12.0 Å². The molecule has 0 aromatic rings. The molecule has 0 spiro atoms. The van der Waals surface area contributed by atoms with Gasteiger partial charge in [-0.3, -0.25) is 14.4 Å². The van der Waals surface area contributed by atoms with Crippen LogP contribution in [0.25, 0.3) is 0 Å². The largest absolute Gasteiger partial charge is 0.460 e. The SMILES string of the molecule is CC(=O)O[C@H]1C[C@@H](C)[C@]2(C)CC[C@H]3C(=O)O[C@H](C(=O)OC(C)C)C[C@]3(C)[C@H]2C1=O. The van der Waals surface area contributed by atoms with Crippen molar-refractivity contribution >= 4 is 23.7 Å².